The molecule has 1 aromatic rings. The molecule has 1 aliphatic rings. The third-order valence-corrected chi connectivity index (χ3v) is 6.41. The van der Waals surface area contributed by atoms with E-state index in [1.807, 2.05) is 30.3 Å². The molecule has 104 valence electrons. The molecule has 0 spiro atoms. The number of carbonyl (C=O) groups is 2. The number of ether oxygens (including phenoxy) is 1. The second-order valence-corrected chi connectivity index (χ2v) is 8.08. The number of esters is 1. The summed E-state index contributed by atoms with van der Waals surface area (Å²) in [5.41, 5.74) is 1.00. The van der Waals surface area contributed by atoms with Gasteiger partial charge < -0.3 is 14.4 Å². The summed E-state index contributed by atoms with van der Waals surface area (Å²) in [6.45, 7) is 1.91. The Labute approximate surface area is 135 Å². The highest BCUT2D eigenvalue weighted by molar-refractivity contribution is 6.23. The first-order chi connectivity index (χ1) is 9.61. The van der Waals surface area contributed by atoms with Crippen LogP contribution >= 0.6 is 0 Å². The minimum absolute atomic E-state index is 0.111. The Balaban J connectivity index is 1.85. The highest BCUT2D eigenvalue weighted by atomic mass is 27.1. The molecule has 6 heteroatoms. The molecule has 1 heterocycles. The van der Waals surface area contributed by atoms with E-state index in [1.165, 1.54) is 0 Å². The van der Waals surface area contributed by atoms with Gasteiger partial charge in [0, 0.05) is 17.4 Å². The lowest BCUT2D eigenvalue weighted by Crippen LogP contribution is -2.41. The molecular formula is C14H19Al2NO3. The Bertz CT molecular complexity index is 469. The highest BCUT2D eigenvalue weighted by Gasteiger charge is 2.34. The average Bonchev–Trinajstić information content (AvgIpc) is 2.86. The van der Waals surface area contributed by atoms with Crippen molar-refractivity contribution in [2.24, 2.45) is 5.92 Å². The van der Waals surface area contributed by atoms with Gasteiger partial charge in [-0.2, -0.15) is 0 Å². The summed E-state index contributed by atoms with van der Waals surface area (Å²) in [4.78, 5) is 25.0. The predicted octanol–water partition coefficient (Wildman–Crippen LogP) is -0.759. The first-order valence-corrected chi connectivity index (χ1v) is 9.32. The number of rotatable bonds is 5. The number of carbonyl (C=O) groups excluding carboxylic acids is 2. The number of nitrogens with zero attached hydrogens (tertiary/aromatic N) is 1. The smallest absolute Gasteiger partial charge is 0.308 e. The van der Waals surface area contributed by atoms with Crippen LogP contribution in [0.15, 0.2) is 30.3 Å². The van der Waals surface area contributed by atoms with Crippen molar-refractivity contribution in [3.8, 4) is 0 Å². The number of likely N-dealkylation sites (tertiary alicyclic amines) is 1. The zero-order valence-electron chi connectivity index (χ0n) is 12.0. The van der Waals surface area contributed by atoms with Gasteiger partial charge in [-0.25, -0.2) is 0 Å². The Morgan fingerprint density at radius 3 is 2.70 bits per heavy atom. The lowest BCUT2D eigenvalue weighted by Gasteiger charge is -2.23. The van der Waals surface area contributed by atoms with Crippen LogP contribution in [0.5, 0.6) is 0 Å². The standard InChI is InChI=1S/C14H15NO3.2Al.4H/c16-10-13-6-7-15(8-13)9-14(17)18-11-12-4-2-1-3-5-12;;;;;;/h1-6,9-10,13H,7-8,11H2;;;;;;/t13-;;;;;;/m1....../s1. The highest BCUT2D eigenvalue weighted by Crippen LogP contribution is 2.25. The van der Waals surface area contributed by atoms with E-state index in [0.29, 0.717) is 17.9 Å². The van der Waals surface area contributed by atoms with Gasteiger partial charge in [-0.15, -0.1) is 0 Å². The molecule has 0 radical (unpaired) electrons. The molecule has 3 atom stereocenters. The van der Waals surface area contributed by atoms with E-state index in [1.54, 1.807) is 0 Å². The fourth-order valence-corrected chi connectivity index (χ4v) is 3.95. The molecular weight excluding hydrogens is 284 g/mol. The Kier molecular flexibility index (Phi) is 5.84. The van der Waals surface area contributed by atoms with Crippen LogP contribution < -0.4 is 0 Å². The zero-order chi connectivity index (χ0) is 14.5. The maximum absolute atomic E-state index is 12.1. The third kappa shape index (κ3) is 3.95. The summed E-state index contributed by atoms with van der Waals surface area (Å²) < 4.78 is 5.85. The van der Waals surface area contributed by atoms with E-state index >= 15 is 0 Å². The van der Waals surface area contributed by atoms with Crippen molar-refractivity contribution < 1.29 is 14.3 Å². The van der Waals surface area contributed by atoms with Gasteiger partial charge >= 0.3 is 5.97 Å². The van der Waals surface area contributed by atoms with Crippen molar-refractivity contribution in [3.05, 3.63) is 35.9 Å². The van der Waals surface area contributed by atoms with Gasteiger partial charge in [0.2, 0.25) is 16.3 Å². The molecule has 2 rings (SSSR count). The van der Waals surface area contributed by atoms with Crippen molar-refractivity contribution in [1.29, 1.82) is 0 Å². The zero-order valence-corrected chi connectivity index (χ0v) is 16.0. The van der Waals surface area contributed by atoms with E-state index < -0.39 is 0 Å². The van der Waals surface area contributed by atoms with Crippen LogP contribution in [0.25, 0.3) is 0 Å². The summed E-state index contributed by atoms with van der Waals surface area (Å²) in [6, 6.07) is 9.70. The minimum Gasteiger partial charge on any atom is -0.461 e. The third-order valence-electron chi connectivity index (χ3n) is 3.99. The van der Waals surface area contributed by atoms with Crippen molar-refractivity contribution in [2.75, 3.05) is 13.1 Å². The number of aldehydes is 1. The summed E-state index contributed by atoms with van der Waals surface area (Å²) in [5, 5.41) is 0. The second kappa shape index (κ2) is 7.41. The molecule has 0 bridgehead atoms. The molecule has 1 aliphatic heterocycles. The molecule has 4 nitrogen and oxygen atoms in total. The molecule has 0 saturated carbocycles. The Hall–Kier alpha value is -0.615. The van der Waals surface area contributed by atoms with Crippen LogP contribution in [-0.4, -0.2) is 67.7 Å². The molecule has 1 saturated heterocycles. The number of hydrogen-bond donors (Lipinski definition) is 0. The first kappa shape index (κ1) is 15.8. The minimum atomic E-state index is -0.152. The monoisotopic (exact) mass is 303 g/mol. The van der Waals surface area contributed by atoms with E-state index in [9.17, 15) is 9.59 Å². The summed E-state index contributed by atoms with van der Waals surface area (Å²) in [5.74, 6) is -0.0408. The number of hydrogen-bond acceptors (Lipinski definition) is 4. The normalized spacial score (nSPS) is 24.2. The largest absolute Gasteiger partial charge is 0.461 e. The van der Waals surface area contributed by atoms with Crippen LogP contribution in [0.4, 0.5) is 0 Å². The van der Waals surface area contributed by atoms with Gasteiger partial charge in [-0.1, -0.05) is 35.1 Å². The van der Waals surface area contributed by atoms with Gasteiger partial charge in [0.05, 0.1) is 0 Å². The molecule has 1 unspecified atom stereocenters. The molecule has 1 fully saturated rings. The van der Waals surface area contributed by atoms with E-state index in [2.05, 4.69) is 4.90 Å². The van der Waals surface area contributed by atoms with Crippen molar-refractivity contribution >= 4 is 44.8 Å². The quantitative estimate of drug-likeness (QED) is 0.408. The van der Waals surface area contributed by atoms with E-state index in [-0.39, 0.29) is 16.8 Å². The fourth-order valence-electron chi connectivity index (χ4n) is 2.52. The van der Waals surface area contributed by atoms with Crippen LogP contribution in [0.2, 0.25) is 4.78 Å². The first-order valence-electron chi connectivity index (χ1n) is 7.01. The maximum Gasteiger partial charge on any atom is 0.308 e. The van der Waals surface area contributed by atoms with Gasteiger partial charge in [0.1, 0.15) is 12.9 Å². The van der Waals surface area contributed by atoms with Gasteiger partial charge in [-0.05, 0) is 12.1 Å². The molecule has 0 aromatic heterocycles. The van der Waals surface area contributed by atoms with Crippen molar-refractivity contribution in [2.45, 2.75) is 16.3 Å². The number of benzene rings is 1. The molecule has 20 heavy (non-hydrogen) atoms. The van der Waals surface area contributed by atoms with E-state index in [0.717, 1.165) is 51.0 Å². The van der Waals surface area contributed by atoms with Gasteiger partial charge in [-0.3, -0.25) is 4.79 Å². The summed E-state index contributed by atoms with van der Waals surface area (Å²) in [7, 11) is 0. The lowest BCUT2D eigenvalue weighted by molar-refractivity contribution is -0.148. The average molecular weight is 303 g/mol. The SMILES string of the molecule is O=C[C@H]1CN([CH]([AlH2])C(=O)OCc2ccccc2)C[C@@H]1[AlH2]. The van der Waals surface area contributed by atoms with Crippen molar-refractivity contribution in [1.82, 2.24) is 4.90 Å². The van der Waals surface area contributed by atoms with Gasteiger partial charge in [0.25, 0.3) is 16.3 Å². The Morgan fingerprint density at radius 2 is 2.10 bits per heavy atom. The predicted molar refractivity (Wildman–Crippen MR) is 82.0 cm³/mol. The van der Waals surface area contributed by atoms with E-state index in [4.69, 9.17) is 4.74 Å². The molecule has 0 N–H and O–H groups in total. The summed E-state index contributed by atoms with van der Waals surface area (Å²) in [6.07, 6.45) is 1.04. The van der Waals surface area contributed by atoms with Gasteiger partial charge in [0.15, 0.2) is 0 Å². The molecule has 0 aliphatic carbocycles. The van der Waals surface area contributed by atoms with Crippen LogP contribution in [0.1, 0.15) is 5.56 Å². The molecule has 1 aromatic carbocycles. The summed E-state index contributed by atoms with van der Waals surface area (Å²) >= 11 is 1.73. The van der Waals surface area contributed by atoms with Crippen molar-refractivity contribution in [3.63, 3.8) is 0 Å². The van der Waals surface area contributed by atoms with Crippen LogP contribution in [-0.2, 0) is 20.9 Å². The lowest BCUT2D eigenvalue weighted by atomic mass is 10.1. The second-order valence-electron chi connectivity index (χ2n) is 5.50. The van der Waals surface area contributed by atoms with Crippen LogP contribution in [0.3, 0.4) is 0 Å². The fraction of sp³-hybridized carbons (Fsp3) is 0.429. The van der Waals surface area contributed by atoms with Crippen LogP contribution in [0, 0.1) is 5.92 Å². The topological polar surface area (TPSA) is 46.6 Å². The maximum atomic E-state index is 12.1. The molecule has 0 amide bonds. The Morgan fingerprint density at radius 1 is 1.40 bits per heavy atom.